The first kappa shape index (κ1) is 33.0. The summed E-state index contributed by atoms with van der Waals surface area (Å²) in [5, 5.41) is 0. The predicted molar refractivity (Wildman–Crippen MR) is 179 cm³/mol. The molecule has 4 heteroatoms. The van der Waals surface area contributed by atoms with Gasteiger partial charge in [0, 0.05) is 0 Å². The first-order valence-electron chi connectivity index (χ1n) is 18.2. The Balaban J connectivity index is 1.05. The van der Waals surface area contributed by atoms with Crippen LogP contribution in [0.25, 0.3) is 0 Å². The number of hydrogen-bond donors (Lipinski definition) is 0. The Labute approximate surface area is 266 Å². The van der Waals surface area contributed by atoms with Crippen molar-refractivity contribution in [2.75, 3.05) is 13.2 Å². The number of carbonyl (C=O) groups excluding carboxylic acids is 1. The Morgan fingerprint density at radius 3 is 1.30 bits per heavy atom. The first-order chi connectivity index (χ1) is 21.5. The van der Waals surface area contributed by atoms with Gasteiger partial charge in [0.1, 0.15) is 17.7 Å². The molecule has 44 heavy (non-hydrogen) atoms. The zero-order valence-electron chi connectivity index (χ0n) is 27.6. The summed E-state index contributed by atoms with van der Waals surface area (Å²) in [4.78, 5) is 13.8. The summed E-state index contributed by atoms with van der Waals surface area (Å²) in [6, 6.07) is 17.1. The number of halogens is 1. The molecular formula is C40H57FO3. The number of alkyl halides is 1. The Morgan fingerprint density at radius 2 is 0.955 bits per heavy atom. The van der Waals surface area contributed by atoms with Gasteiger partial charge in [-0.25, -0.2) is 4.39 Å². The number of rotatable bonds is 16. The molecule has 242 valence electrons. The number of benzene rings is 2. The number of carbonyl (C=O) groups is 1. The normalized spacial score (nSPS) is 28.2. The topological polar surface area (TPSA) is 35.5 Å². The van der Waals surface area contributed by atoms with Crippen molar-refractivity contribution in [1.82, 2.24) is 0 Å². The Kier molecular flexibility index (Phi) is 11.8. The Bertz CT molecular complexity index is 1050. The van der Waals surface area contributed by atoms with Crippen LogP contribution in [-0.4, -0.2) is 25.2 Å². The van der Waals surface area contributed by atoms with Crippen molar-refractivity contribution in [3.63, 3.8) is 0 Å². The first-order valence-corrected chi connectivity index (χ1v) is 18.2. The largest absolute Gasteiger partial charge is 0.494 e. The van der Waals surface area contributed by atoms with Crippen molar-refractivity contribution in [2.45, 2.75) is 147 Å². The maximum atomic E-state index is 16.2. The van der Waals surface area contributed by atoms with E-state index in [1.54, 1.807) is 0 Å². The van der Waals surface area contributed by atoms with Gasteiger partial charge in [-0.15, -0.1) is 0 Å². The predicted octanol–water partition coefficient (Wildman–Crippen LogP) is 11.3. The average Bonchev–Trinajstić information content (AvgIpc) is 3.08. The zero-order valence-corrected chi connectivity index (χ0v) is 27.6. The summed E-state index contributed by atoms with van der Waals surface area (Å²) in [5.41, 5.74) is 1.16. The van der Waals surface area contributed by atoms with E-state index < -0.39 is 17.0 Å². The molecule has 3 aliphatic carbocycles. The molecule has 0 aliphatic heterocycles. The van der Waals surface area contributed by atoms with Crippen molar-refractivity contribution >= 4 is 5.78 Å². The van der Waals surface area contributed by atoms with Gasteiger partial charge in [0.15, 0.2) is 5.78 Å². The van der Waals surface area contributed by atoms with Crippen LogP contribution in [0.5, 0.6) is 11.5 Å². The van der Waals surface area contributed by atoms with Crippen LogP contribution < -0.4 is 9.47 Å². The monoisotopic (exact) mass is 604 g/mol. The van der Waals surface area contributed by atoms with Crippen LogP contribution in [0.2, 0.25) is 0 Å². The van der Waals surface area contributed by atoms with E-state index in [2.05, 4.69) is 62.4 Å². The minimum absolute atomic E-state index is 0.250. The lowest BCUT2D eigenvalue weighted by Gasteiger charge is -2.61. The molecule has 0 radical (unpaired) electrons. The summed E-state index contributed by atoms with van der Waals surface area (Å²) >= 11 is 0. The summed E-state index contributed by atoms with van der Waals surface area (Å²) in [6.45, 7) is 6.02. The number of hydrogen-bond acceptors (Lipinski definition) is 3. The fourth-order valence-electron chi connectivity index (χ4n) is 8.53. The van der Waals surface area contributed by atoms with Crippen molar-refractivity contribution in [2.24, 2.45) is 10.8 Å². The maximum absolute atomic E-state index is 16.2. The molecule has 2 aromatic carbocycles. The zero-order chi connectivity index (χ0) is 30.8. The van der Waals surface area contributed by atoms with E-state index in [0.717, 1.165) is 63.2 Å². The van der Waals surface area contributed by atoms with Crippen molar-refractivity contribution in [3.8, 4) is 11.5 Å². The van der Waals surface area contributed by atoms with Crippen LogP contribution in [0.15, 0.2) is 48.5 Å². The number of ether oxygens (including phenoxy) is 2. The molecule has 5 rings (SSSR count). The molecule has 0 N–H and O–H groups in total. The second-order valence-electron chi connectivity index (χ2n) is 14.2. The van der Waals surface area contributed by atoms with Crippen molar-refractivity contribution in [3.05, 3.63) is 59.7 Å². The van der Waals surface area contributed by atoms with Crippen molar-refractivity contribution < 1.29 is 18.7 Å². The molecule has 0 bridgehead atoms. The second kappa shape index (κ2) is 15.8. The molecule has 0 amide bonds. The van der Waals surface area contributed by atoms with Crippen LogP contribution in [0.1, 0.15) is 152 Å². The molecule has 0 aromatic heterocycles. The fraction of sp³-hybridized carbons (Fsp3) is 0.675. The lowest BCUT2D eigenvalue weighted by atomic mass is 9.41. The van der Waals surface area contributed by atoms with Crippen LogP contribution in [0, 0.1) is 10.8 Å². The minimum Gasteiger partial charge on any atom is -0.494 e. The maximum Gasteiger partial charge on any atom is 0.151 e. The van der Waals surface area contributed by atoms with Crippen LogP contribution in [-0.2, 0) is 4.79 Å². The Morgan fingerprint density at radius 1 is 0.591 bits per heavy atom. The highest BCUT2D eigenvalue weighted by Gasteiger charge is 2.71. The molecule has 3 aliphatic rings. The lowest BCUT2D eigenvalue weighted by molar-refractivity contribution is -0.191. The van der Waals surface area contributed by atoms with Gasteiger partial charge >= 0.3 is 0 Å². The summed E-state index contributed by atoms with van der Waals surface area (Å²) in [5.74, 6) is 2.93. The molecular weight excluding hydrogens is 547 g/mol. The second-order valence-corrected chi connectivity index (χ2v) is 14.2. The summed E-state index contributed by atoms with van der Waals surface area (Å²) in [7, 11) is 0. The molecule has 0 heterocycles. The third kappa shape index (κ3) is 7.37. The van der Waals surface area contributed by atoms with E-state index >= 15 is 4.39 Å². The van der Waals surface area contributed by atoms with E-state index in [0.29, 0.717) is 37.5 Å². The van der Waals surface area contributed by atoms with E-state index in [4.69, 9.17) is 9.47 Å². The van der Waals surface area contributed by atoms with Crippen LogP contribution in [0.3, 0.4) is 0 Å². The van der Waals surface area contributed by atoms with Gasteiger partial charge in [0.05, 0.1) is 24.0 Å². The van der Waals surface area contributed by atoms with E-state index in [1.165, 1.54) is 62.5 Å². The highest BCUT2D eigenvalue weighted by molar-refractivity contribution is 5.98. The fourth-order valence-corrected chi connectivity index (χ4v) is 8.53. The number of unbranched alkanes of at least 4 members (excludes halogenated alkanes) is 8. The highest BCUT2D eigenvalue weighted by atomic mass is 19.1. The molecule has 0 atom stereocenters. The smallest absolute Gasteiger partial charge is 0.151 e. The standard InChI is InChI=1S/C40H57FO3/c1-3-5-7-9-11-29-43-35-17-13-31(14-18-35)33-21-25-39(26-22-33)37(41)40(38(39)42)27-23-34(24-28-40)32-15-19-36(20-16-32)44-30-12-10-8-6-4-2/h13-20,33-34,37H,3-12,21-30H2,1-2H3. The van der Waals surface area contributed by atoms with Gasteiger partial charge in [0.2, 0.25) is 0 Å². The van der Waals surface area contributed by atoms with Gasteiger partial charge in [-0.1, -0.05) is 89.5 Å². The van der Waals surface area contributed by atoms with Gasteiger partial charge in [-0.2, -0.15) is 0 Å². The molecule has 3 saturated carbocycles. The quantitative estimate of drug-likeness (QED) is 0.179. The lowest BCUT2D eigenvalue weighted by Crippen LogP contribution is -2.69. The Hall–Kier alpha value is -2.36. The number of Topliss-reactive ketones (excluding diaryl/α,β-unsaturated/α-hetero) is 1. The summed E-state index contributed by atoms with van der Waals surface area (Å²) in [6.07, 6.45) is 17.8. The highest BCUT2D eigenvalue weighted by Crippen LogP contribution is 2.66. The van der Waals surface area contributed by atoms with Gasteiger partial charge in [-0.05, 0) is 111 Å². The van der Waals surface area contributed by atoms with Gasteiger partial charge in [-0.3, -0.25) is 4.79 Å². The molecule has 0 unspecified atom stereocenters. The minimum atomic E-state index is -0.981. The van der Waals surface area contributed by atoms with E-state index in [-0.39, 0.29) is 5.78 Å². The third-order valence-corrected chi connectivity index (χ3v) is 11.4. The molecule has 2 spiro atoms. The van der Waals surface area contributed by atoms with Crippen LogP contribution >= 0.6 is 0 Å². The van der Waals surface area contributed by atoms with E-state index in [1.807, 2.05) is 0 Å². The van der Waals surface area contributed by atoms with Gasteiger partial charge < -0.3 is 9.47 Å². The molecule has 2 aromatic rings. The SMILES string of the molecule is CCCCCCCOc1ccc(C2CCC3(CC2)C(=O)C2(CCC(c4ccc(OCCCCCCC)cc4)CC2)C3F)cc1. The van der Waals surface area contributed by atoms with E-state index in [9.17, 15) is 4.79 Å². The molecule has 0 saturated heterocycles. The van der Waals surface area contributed by atoms with Crippen LogP contribution in [0.4, 0.5) is 4.39 Å². The molecule has 3 nitrogen and oxygen atoms in total. The average molecular weight is 605 g/mol. The molecule has 3 fully saturated rings. The number of ketones is 1. The summed E-state index contributed by atoms with van der Waals surface area (Å²) < 4.78 is 28.1. The van der Waals surface area contributed by atoms with Gasteiger partial charge in [0.25, 0.3) is 0 Å². The third-order valence-electron chi connectivity index (χ3n) is 11.4. The van der Waals surface area contributed by atoms with Crippen molar-refractivity contribution in [1.29, 1.82) is 0 Å².